The lowest BCUT2D eigenvalue weighted by Gasteiger charge is -2.26. The Kier molecular flexibility index (Phi) is 39.1. The average Bonchev–Trinajstić information content (AvgIpc) is 3.10. The molecule has 1 amide bonds. The van der Waals surface area contributed by atoms with Gasteiger partial charge in [-0.25, -0.2) is 0 Å². The van der Waals surface area contributed by atoms with E-state index in [0.717, 1.165) is 38.5 Å². The molecule has 0 bridgehead atoms. The van der Waals surface area contributed by atoms with Crippen molar-refractivity contribution in [2.75, 3.05) is 6.61 Å². The molecule has 0 aromatic carbocycles. The summed E-state index contributed by atoms with van der Waals surface area (Å²) >= 11 is 0. The molecule has 3 unspecified atom stereocenters. The van der Waals surface area contributed by atoms with Gasteiger partial charge < -0.3 is 20.6 Å². The molecule has 3 atom stereocenters. The number of aliphatic hydroxyl groups is 3. The molecule has 4 N–H and O–H groups in total. The summed E-state index contributed by atoms with van der Waals surface area (Å²) in [5, 5.41) is 33.5. The molecule has 0 saturated carbocycles. The van der Waals surface area contributed by atoms with Crippen LogP contribution in [0.5, 0.6) is 0 Å². The highest BCUT2D eigenvalue weighted by atomic mass is 16.3. The molecule has 0 aromatic heterocycles. The maximum atomic E-state index is 12.4. The number of hydrogen-bond acceptors (Lipinski definition) is 4. The Morgan fingerprint density at radius 2 is 0.816 bits per heavy atom. The largest absolute Gasteiger partial charge is 0.394 e. The first-order valence-corrected chi connectivity index (χ1v) is 22.0. The molecule has 5 nitrogen and oxygen atoms in total. The van der Waals surface area contributed by atoms with Crippen LogP contribution in [0.4, 0.5) is 0 Å². The van der Waals surface area contributed by atoms with E-state index in [0.29, 0.717) is 12.8 Å². The Morgan fingerprint density at radius 1 is 0.490 bits per heavy atom. The predicted octanol–water partition coefficient (Wildman–Crippen LogP) is 12.4. The molecule has 0 heterocycles. The van der Waals surface area contributed by atoms with Crippen LogP contribution in [0.3, 0.4) is 0 Å². The van der Waals surface area contributed by atoms with Gasteiger partial charge in [0, 0.05) is 6.42 Å². The second-order valence-electron chi connectivity index (χ2n) is 15.3. The summed E-state index contributed by atoms with van der Waals surface area (Å²) in [6, 6.07) is -0.820. The predicted molar refractivity (Wildman–Crippen MR) is 213 cm³/mol. The summed E-state index contributed by atoms with van der Waals surface area (Å²) in [6.07, 6.45) is 46.0. The van der Waals surface area contributed by atoms with E-state index in [1.54, 1.807) is 0 Å². The second kappa shape index (κ2) is 39.9. The van der Waals surface area contributed by atoms with E-state index in [4.69, 9.17) is 0 Å². The summed E-state index contributed by atoms with van der Waals surface area (Å²) in [5.41, 5.74) is 0. The van der Waals surface area contributed by atoms with E-state index in [1.807, 2.05) is 0 Å². The van der Waals surface area contributed by atoms with Crippen molar-refractivity contribution in [2.24, 2.45) is 0 Å². The van der Waals surface area contributed by atoms with Gasteiger partial charge in [0.05, 0.1) is 18.8 Å². The molecule has 5 heteroatoms. The molecule has 292 valence electrons. The van der Waals surface area contributed by atoms with Crippen LogP contribution in [-0.4, -0.2) is 46.1 Å². The van der Waals surface area contributed by atoms with Crippen molar-refractivity contribution in [1.82, 2.24) is 5.32 Å². The molecule has 0 aliphatic rings. The summed E-state index contributed by atoms with van der Waals surface area (Å²) in [7, 11) is 0. The Bertz CT molecular complexity index is 684. The number of allylic oxidation sites excluding steroid dienone is 2. The van der Waals surface area contributed by atoms with Gasteiger partial charge in [-0.05, 0) is 38.5 Å². The van der Waals surface area contributed by atoms with Gasteiger partial charge in [0.25, 0.3) is 0 Å². The fourth-order valence-corrected chi connectivity index (χ4v) is 6.93. The minimum Gasteiger partial charge on any atom is -0.394 e. The van der Waals surface area contributed by atoms with Crippen molar-refractivity contribution < 1.29 is 20.1 Å². The van der Waals surface area contributed by atoms with Crippen LogP contribution in [0.1, 0.15) is 239 Å². The first kappa shape index (κ1) is 48.1. The van der Waals surface area contributed by atoms with Crippen molar-refractivity contribution in [1.29, 1.82) is 0 Å². The lowest BCUT2D eigenvalue weighted by Crippen LogP contribution is -2.50. The Labute approximate surface area is 306 Å². The first-order valence-electron chi connectivity index (χ1n) is 22.0. The van der Waals surface area contributed by atoms with Crippen LogP contribution >= 0.6 is 0 Å². The topological polar surface area (TPSA) is 89.8 Å². The molecule has 0 saturated heterocycles. The second-order valence-corrected chi connectivity index (χ2v) is 15.3. The number of nitrogens with one attached hydrogen (secondary N) is 1. The highest BCUT2D eigenvalue weighted by Crippen LogP contribution is 2.16. The smallest absolute Gasteiger partial charge is 0.220 e. The molecule has 0 aromatic rings. The van der Waals surface area contributed by atoms with Crippen LogP contribution in [0.25, 0.3) is 0 Å². The molecule has 0 rings (SSSR count). The number of unbranched alkanes of at least 4 members (excludes halogenated alkanes) is 30. The molecular weight excluding hydrogens is 606 g/mol. The number of rotatable bonds is 40. The summed E-state index contributed by atoms with van der Waals surface area (Å²) in [6.45, 7) is 4.18. The van der Waals surface area contributed by atoms with Crippen molar-refractivity contribution >= 4 is 5.91 Å². The van der Waals surface area contributed by atoms with Gasteiger partial charge in [0.1, 0.15) is 6.10 Å². The molecule has 0 aliphatic heterocycles. The average molecular weight is 694 g/mol. The monoisotopic (exact) mass is 694 g/mol. The minimum atomic E-state index is -1.15. The highest BCUT2D eigenvalue weighted by Gasteiger charge is 2.26. The van der Waals surface area contributed by atoms with E-state index in [-0.39, 0.29) is 12.5 Å². The fourth-order valence-electron chi connectivity index (χ4n) is 6.93. The maximum Gasteiger partial charge on any atom is 0.220 e. The zero-order valence-electron chi connectivity index (χ0n) is 33.1. The molecule has 0 radical (unpaired) electrons. The van der Waals surface area contributed by atoms with Crippen LogP contribution in [-0.2, 0) is 4.79 Å². The third-order valence-corrected chi connectivity index (χ3v) is 10.4. The first-order chi connectivity index (χ1) is 24.1. The lowest BCUT2D eigenvalue weighted by atomic mass is 10.0. The Morgan fingerprint density at radius 3 is 1.18 bits per heavy atom. The number of carbonyl (C=O) groups excluding carboxylic acids is 1. The van der Waals surface area contributed by atoms with Gasteiger partial charge in [-0.1, -0.05) is 206 Å². The Balaban J connectivity index is 3.64. The molecule has 0 aliphatic carbocycles. The van der Waals surface area contributed by atoms with Crippen molar-refractivity contribution in [2.45, 2.75) is 257 Å². The molecule has 0 spiro atoms. The van der Waals surface area contributed by atoms with Crippen LogP contribution in [0.2, 0.25) is 0 Å². The Hall–Kier alpha value is -0.910. The van der Waals surface area contributed by atoms with Gasteiger partial charge in [0.15, 0.2) is 0 Å². The highest BCUT2D eigenvalue weighted by molar-refractivity contribution is 5.76. The van der Waals surface area contributed by atoms with Gasteiger partial charge in [-0.15, -0.1) is 0 Å². The van der Waals surface area contributed by atoms with Gasteiger partial charge in [-0.2, -0.15) is 0 Å². The lowest BCUT2D eigenvalue weighted by molar-refractivity contribution is -0.124. The van der Waals surface area contributed by atoms with E-state index < -0.39 is 18.2 Å². The fraction of sp³-hybridized carbons (Fsp3) is 0.932. The molecule has 0 fully saturated rings. The molecular formula is C44H87NO4. The van der Waals surface area contributed by atoms with Gasteiger partial charge in [0.2, 0.25) is 5.91 Å². The standard InChI is InChI=1S/C44H87NO4/c1-3-5-7-9-11-13-15-17-19-21-22-23-24-26-28-30-32-34-36-38-42(47)44(49)41(40-46)45-43(48)39-37-35-33-31-29-27-25-20-18-16-14-12-10-8-6-4-2/h30,32,41-42,44,46-47,49H,3-29,31,33-40H2,1-2H3,(H,45,48)/b32-30+. The van der Waals surface area contributed by atoms with E-state index in [9.17, 15) is 20.1 Å². The van der Waals surface area contributed by atoms with Crippen molar-refractivity contribution in [3.05, 3.63) is 12.2 Å². The van der Waals surface area contributed by atoms with Crippen LogP contribution in [0, 0.1) is 0 Å². The van der Waals surface area contributed by atoms with E-state index >= 15 is 0 Å². The summed E-state index contributed by atoms with van der Waals surface area (Å²) in [4.78, 5) is 12.4. The van der Waals surface area contributed by atoms with E-state index in [1.165, 1.54) is 173 Å². The van der Waals surface area contributed by atoms with E-state index in [2.05, 4.69) is 31.3 Å². The van der Waals surface area contributed by atoms with Crippen LogP contribution < -0.4 is 5.32 Å². The van der Waals surface area contributed by atoms with Crippen molar-refractivity contribution in [3.8, 4) is 0 Å². The third kappa shape index (κ3) is 35.3. The SMILES string of the molecule is CCCCCCCCCCCCCCCC/C=C/CCCC(O)C(O)C(CO)NC(=O)CCCCCCCCCCCCCCCCCC. The number of carbonyl (C=O) groups is 1. The number of aliphatic hydroxyl groups excluding tert-OH is 3. The minimum absolute atomic E-state index is 0.151. The number of hydrogen-bond donors (Lipinski definition) is 4. The quantitative estimate of drug-likeness (QED) is 0.0380. The molecule has 49 heavy (non-hydrogen) atoms. The van der Waals surface area contributed by atoms with Gasteiger partial charge in [-0.3, -0.25) is 4.79 Å². The van der Waals surface area contributed by atoms with Crippen molar-refractivity contribution in [3.63, 3.8) is 0 Å². The number of amides is 1. The zero-order valence-corrected chi connectivity index (χ0v) is 33.1. The maximum absolute atomic E-state index is 12.4. The zero-order chi connectivity index (χ0) is 35.9. The normalized spacial score (nSPS) is 13.7. The summed E-state index contributed by atoms with van der Waals surface area (Å²) < 4.78 is 0. The van der Waals surface area contributed by atoms with Crippen LogP contribution in [0.15, 0.2) is 12.2 Å². The van der Waals surface area contributed by atoms with Gasteiger partial charge >= 0.3 is 0 Å². The third-order valence-electron chi connectivity index (χ3n) is 10.4. The summed E-state index contributed by atoms with van der Waals surface area (Å²) in [5.74, 6) is -0.151.